The average Bonchev–Trinajstić information content (AvgIpc) is 2.86. The third-order valence-corrected chi connectivity index (χ3v) is 4.45. The number of nitrogens with one attached hydrogen (secondary N) is 1. The minimum absolute atomic E-state index is 0.204. The Morgan fingerprint density at radius 2 is 1.90 bits per heavy atom. The molecule has 4 heteroatoms. The fraction of sp³-hybridized carbons (Fsp3) is 0.412. The zero-order valence-corrected chi connectivity index (χ0v) is 13.9. The van der Waals surface area contributed by atoms with E-state index in [4.69, 9.17) is 9.15 Å². The van der Waals surface area contributed by atoms with Gasteiger partial charge in [0.25, 0.3) is 0 Å². The van der Waals surface area contributed by atoms with Crippen LogP contribution < -0.4 is 10.1 Å². The van der Waals surface area contributed by atoms with E-state index in [-0.39, 0.29) is 6.10 Å². The molecule has 1 aromatic carbocycles. The summed E-state index contributed by atoms with van der Waals surface area (Å²) in [5, 5.41) is 3.37. The van der Waals surface area contributed by atoms with E-state index in [0.717, 1.165) is 17.3 Å². The van der Waals surface area contributed by atoms with Gasteiger partial charge in [-0.2, -0.15) is 0 Å². The number of benzene rings is 1. The van der Waals surface area contributed by atoms with Crippen molar-refractivity contribution in [3.8, 4) is 5.75 Å². The quantitative estimate of drug-likeness (QED) is 0.768. The molecule has 1 N–H and O–H groups in total. The molecule has 0 spiro atoms. The standard InChI is InChI=1S/C17H23NO2S/c1-12(2)20-15-7-5-14(6-8-15)16(18-4)11-21-17-9-10-19-13(17)3/h5-10,12,16,18H,11H2,1-4H3. The topological polar surface area (TPSA) is 34.4 Å². The lowest BCUT2D eigenvalue weighted by molar-refractivity contribution is 0.242. The molecule has 1 aromatic heterocycles. The molecule has 0 saturated heterocycles. The van der Waals surface area contributed by atoms with E-state index in [9.17, 15) is 0 Å². The molecule has 1 heterocycles. The van der Waals surface area contributed by atoms with Crippen LogP contribution in [-0.2, 0) is 0 Å². The lowest BCUT2D eigenvalue weighted by Gasteiger charge is -2.17. The van der Waals surface area contributed by atoms with Crippen LogP contribution in [0.3, 0.4) is 0 Å². The number of hydrogen-bond acceptors (Lipinski definition) is 4. The van der Waals surface area contributed by atoms with Crippen molar-refractivity contribution in [1.82, 2.24) is 5.32 Å². The fourth-order valence-corrected chi connectivity index (χ4v) is 3.20. The smallest absolute Gasteiger partial charge is 0.119 e. The largest absolute Gasteiger partial charge is 0.491 e. The third-order valence-electron chi connectivity index (χ3n) is 3.22. The van der Waals surface area contributed by atoms with Crippen LogP contribution in [0.15, 0.2) is 45.9 Å². The SMILES string of the molecule is CNC(CSc1ccoc1C)c1ccc(OC(C)C)cc1. The van der Waals surface area contributed by atoms with Crippen LogP contribution in [0.25, 0.3) is 0 Å². The Balaban J connectivity index is 1.98. The minimum Gasteiger partial charge on any atom is -0.491 e. The summed E-state index contributed by atoms with van der Waals surface area (Å²) in [5.74, 6) is 2.86. The predicted molar refractivity (Wildman–Crippen MR) is 88.2 cm³/mol. The molecule has 1 atom stereocenters. The van der Waals surface area contributed by atoms with Crippen LogP contribution >= 0.6 is 11.8 Å². The zero-order valence-electron chi connectivity index (χ0n) is 13.1. The highest BCUT2D eigenvalue weighted by molar-refractivity contribution is 7.99. The van der Waals surface area contributed by atoms with E-state index in [0.29, 0.717) is 6.04 Å². The molecule has 0 fully saturated rings. The first-order valence-electron chi connectivity index (χ1n) is 7.21. The van der Waals surface area contributed by atoms with Gasteiger partial charge in [-0.3, -0.25) is 0 Å². The molecule has 0 aliphatic heterocycles. The summed E-state index contributed by atoms with van der Waals surface area (Å²) in [6.07, 6.45) is 1.94. The first kappa shape index (κ1) is 16.0. The van der Waals surface area contributed by atoms with Crippen molar-refractivity contribution in [3.05, 3.63) is 47.9 Å². The van der Waals surface area contributed by atoms with Crippen LogP contribution in [0.1, 0.15) is 31.2 Å². The van der Waals surface area contributed by atoms with Crippen molar-refractivity contribution in [2.45, 2.75) is 37.8 Å². The molecular weight excluding hydrogens is 282 g/mol. The summed E-state index contributed by atoms with van der Waals surface area (Å²) in [6, 6.07) is 10.6. The summed E-state index contributed by atoms with van der Waals surface area (Å²) >= 11 is 1.81. The summed E-state index contributed by atoms with van der Waals surface area (Å²) in [4.78, 5) is 1.20. The first-order valence-corrected chi connectivity index (χ1v) is 8.19. The van der Waals surface area contributed by atoms with Crippen molar-refractivity contribution < 1.29 is 9.15 Å². The van der Waals surface area contributed by atoms with Crippen LogP contribution in [-0.4, -0.2) is 18.9 Å². The molecule has 2 aromatic rings. The number of thioether (sulfide) groups is 1. The highest BCUT2D eigenvalue weighted by Crippen LogP contribution is 2.28. The fourth-order valence-electron chi connectivity index (χ4n) is 2.09. The molecule has 21 heavy (non-hydrogen) atoms. The van der Waals surface area contributed by atoms with Gasteiger partial charge in [0.1, 0.15) is 11.5 Å². The second-order valence-electron chi connectivity index (χ2n) is 5.23. The van der Waals surface area contributed by atoms with E-state index in [1.165, 1.54) is 10.5 Å². The van der Waals surface area contributed by atoms with Gasteiger partial charge in [0.15, 0.2) is 0 Å². The first-order chi connectivity index (χ1) is 10.1. The monoisotopic (exact) mass is 305 g/mol. The van der Waals surface area contributed by atoms with E-state index in [1.54, 1.807) is 6.26 Å². The second-order valence-corrected chi connectivity index (χ2v) is 6.29. The summed E-state index contributed by atoms with van der Waals surface area (Å²) < 4.78 is 11.0. The van der Waals surface area contributed by atoms with Crippen LogP contribution in [0.2, 0.25) is 0 Å². The summed E-state index contributed by atoms with van der Waals surface area (Å²) in [5.41, 5.74) is 1.27. The maximum absolute atomic E-state index is 5.68. The van der Waals surface area contributed by atoms with Gasteiger partial charge in [-0.1, -0.05) is 12.1 Å². The van der Waals surface area contributed by atoms with Gasteiger partial charge in [-0.05, 0) is 51.6 Å². The maximum atomic E-state index is 5.68. The number of hydrogen-bond donors (Lipinski definition) is 1. The van der Waals surface area contributed by atoms with Gasteiger partial charge in [-0.25, -0.2) is 0 Å². The number of aryl methyl sites for hydroxylation is 1. The normalized spacial score (nSPS) is 12.6. The minimum atomic E-state index is 0.204. The van der Waals surface area contributed by atoms with Crippen molar-refractivity contribution >= 4 is 11.8 Å². The molecule has 0 saturated carbocycles. The van der Waals surface area contributed by atoms with E-state index in [1.807, 2.05) is 57.8 Å². The number of rotatable bonds is 7. The Bertz CT molecular complexity index is 548. The predicted octanol–water partition coefficient (Wildman–Crippen LogP) is 4.43. The molecule has 0 radical (unpaired) electrons. The van der Waals surface area contributed by atoms with Gasteiger partial charge < -0.3 is 14.5 Å². The van der Waals surface area contributed by atoms with Gasteiger partial charge >= 0.3 is 0 Å². The Hall–Kier alpha value is -1.39. The van der Waals surface area contributed by atoms with E-state index in [2.05, 4.69) is 17.4 Å². The van der Waals surface area contributed by atoms with Crippen LogP contribution in [0, 0.1) is 6.92 Å². The maximum Gasteiger partial charge on any atom is 0.119 e. The van der Waals surface area contributed by atoms with Gasteiger partial charge in [-0.15, -0.1) is 11.8 Å². The average molecular weight is 305 g/mol. The lowest BCUT2D eigenvalue weighted by atomic mass is 10.1. The number of furan rings is 1. The van der Waals surface area contributed by atoms with Crippen molar-refractivity contribution in [2.75, 3.05) is 12.8 Å². The molecule has 3 nitrogen and oxygen atoms in total. The van der Waals surface area contributed by atoms with Crippen molar-refractivity contribution in [3.63, 3.8) is 0 Å². The van der Waals surface area contributed by atoms with Crippen molar-refractivity contribution in [1.29, 1.82) is 0 Å². The molecule has 114 valence electrons. The van der Waals surface area contributed by atoms with Gasteiger partial charge in [0.2, 0.25) is 0 Å². The molecule has 0 amide bonds. The number of ether oxygens (including phenoxy) is 1. The van der Waals surface area contributed by atoms with E-state index < -0.39 is 0 Å². The molecule has 0 aliphatic rings. The Morgan fingerprint density at radius 1 is 1.19 bits per heavy atom. The van der Waals surface area contributed by atoms with Crippen LogP contribution in [0.5, 0.6) is 5.75 Å². The Labute approximate surface area is 131 Å². The third kappa shape index (κ3) is 4.55. The van der Waals surface area contributed by atoms with Gasteiger partial charge in [0.05, 0.1) is 12.4 Å². The molecular formula is C17H23NO2S. The van der Waals surface area contributed by atoms with E-state index >= 15 is 0 Å². The van der Waals surface area contributed by atoms with Gasteiger partial charge in [0, 0.05) is 16.7 Å². The summed E-state index contributed by atoms with van der Waals surface area (Å²) in [6.45, 7) is 6.07. The molecule has 1 unspecified atom stereocenters. The molecule has 0 bridgehead atoms. The zero-order chi connectivity index (χ0) is 15.2. The van der Waals surface area contributed by atoms with Crippen LogP contribution in [0.4, 0.5) is 0 Å². The molecule has 2 rings (SSSR count). The molecule has 0 aliphatic carbocycles. The van der Waals surface area contributed by atoms with Crippen molar-refractivity contribution in [2.24, 2.45) is 0 Å². The second kappa shape index (κ2) is 7.57. The summed E-state index contributed by atoms with van der Waals surface area (Å²) in [7, 11) is 1.99. The highest BCUT2D eigenvalue weighted by atomic mass is 32.2. The highest BCUT2D eigenvalue weighted by Gasteiger charge is 2.12. The lowest BCUT2D eigenvalue weighted by Crippen LogP contribution is -2.18. The Kier molecular flexibility index (Phi) is 5.76. The Morgan fingerprint density at radius 3 is 2.43 bits per heavy atom.